The van der Waals surface area contributed by atoms with Gasteiger partial charge in [-0.2, -0.15) is 0 Å². The summed E-state index contributed by atoms with van der Waals surface area (Å²) in [7, 11) is 1.31. The molecule has 0 aliphatic rings. The van der Waals surface area contributed by atoms with Gasteiger partial charge >= 0.3 is 5.97 Å². The Morgan fingerprint density at radius 2 is 2.38 bits per heavy atom. The summed E-state index contributed by atoms with van der Waals surface area (Å²) in [4.78, 5) is 19.1. The first-order chi connectivity index (χ1) is 6.19. The lowest BCUT2D eigenvalue weighted by atomic mass is 10.3. The first-order valence-corrected chi connectivity index (χ1v) is 3.73. The molecule has 0 N–H and O–H groups in total. The number of rotatable bonds is 2. The third-order valence-electron chi connectivity index (χ3n) is 1.55. The Morgan fingerprint density at radius 1 is 1.69 bits per heavy atom. The highest BCUT2D eigenvalue weighted by Crippen LogP contribution is 2.04. The van der Waals surface area contributed by atoms with Gasteiger partial charge in [0.2, 0.25) is 0 Å². The lowest BCUT2D eigenvalue weighted by Gasteiger charge is -2.01. The molecule has 0 spiro atoms. The van der Waals surface area contributed by atoms with Crippen LogP contribution in [0.5, 0.6) is 0 Å². The Labute approximate surface area is 76.3 Å². The highest BCUT2D eigenvalue weighted by Gasteiger charge is 2.11. The van der Waals surface area contributed by atoms with Crippen molar-refractivity contribution in [2.24, 2.45) is 0 Å². The van der Waals surface area contributed by atoms with Crippen LogP contribution in [0.15, 0.2) is 12.8 Å². The predicted octanol–water partition coefficient (Wildman–Crippen LogP) is 1.21. The topological polar surface area (TPSA) is 52.1 Å². The Bertz CT molecular complexity index is 347. The molecule has 0 aliphatic carbocycles. The number of aromatic nitrogens is 2. The van der Waals surface area contributed by atoms with E-state index in [-0.39, 0.29) is 5.69 Å². The molecule has 13 heavy (non-hydrogen) atoms. The van der Waals surface area contributed by atoms with Crippen LogP contribution in [0.1, 0.15) is 21.9 Å². The van der Waals surface area contributed by atoms with Crippen LogP contribution >= 0.6 is 0 Å². The lowest BCUT2D eigenvalue weighted by molar-refractivity contribution is 0.0592. The second-order valence-electron chi connectivity index (χ2n) is 2.42. The number of nitrogens with zero attached hydrogens (tertiary/aromatic N) is 2. The summed E-state index contributed by atoms with van der Waals surface area (Å²) in [6.45, 7) is 5.25. The lowest BCUT2D eigenvalue weighted by Crippen LogP contribution is -2.08. The van der Waals surface area contributed by atoms with Crippen LogP contribution in [0.25, 0.3) is 6.08 Å². The van der Waals surface area contributed by atoms with Gasteiger partial charge in [0.25, 0.3) is 0 Å². The molecule has 1 aromatic heterocycles. The van der Waals surface area contributed by atoms with E-state index in [1.807, 2.05) is 0 Å². The highest BCUT2D eigenvalue weighted by molar-refractivity contribution is 5.88. The fourth-order valence-electron chi connectivity index (χ4n) is 0.895. The number of hydrogen-bond donors (Lipinski definition) is 0. The molecule has 0 saturated heterocycles. The van der Waals surface area contributed by atoms with Gasteiger partial charge in [0.15, 0.2) is 5.69 Å². The fourth-order valence-corrected chi connectivity index (χ4v) is 0.895. The van der Waals surface area contributed by atoms with Crippen LogP contribution in [0, 0.1) is 6.92 Å². The van der Waals surface area contributed by atoms with Crippen LogP contribution < -0.4 is 0 Å². The molecule has 0 atom stereocenters. The minimum Gasteiger partial charge on any atom is -0.464 e. The fraction of sp³-hybridized carbons (Fsp3) is 0.222. The number of hydrogen-bond acceptors (Lipinski definition) is 4. The van der Waals surface area contributed by atoms with Crippen LogP contribution in [0.3, 0.4) is 0 Å². The maximum absolute atomic E-state index is 11.1. The van der Waals surface area contributed by atoms with Gasteiger partial charge in [-0.15, -0.1) is 0 Å². The molecule has 0 radical (unpaired) electrons. The summed E-state index contributed by atoms with van der Waals surface area (Å²) in [5.41, 5.74) is 1.43. The molecule has 0 aliphatic heterocycles. The zero-order chi connectivity index (χ0) is 9.84. The summed E-state index contributed by atoms with van der Waals surface area (Å²) >= 11 is 0. The van der Waals surface area contributed by atoms with Crippen molar-refractivity contribution in [3.8, 4) is 0 Å². The molecule has 0 saturated carbocycles. The standard InChI is InChI=1S/C9H10N2O2/c1-4-7-5-10-8(6(2)11-7)9(12)13-3/h4-5H,1H2,2-3H3. The van der Waals surface area contributed by atoms with E-state index in [4.69, 9.17) is 0 Å². The first-order valence-electron chi connectivity index (χ1n) is 3.73. The second kappa shape index (κ2) is 3.80. The van der Waals surface area contributed by atoms with Crippen LogP contribution in [-0.2, 0) is 4.74 Å². The Morgan fingerprint density at radius 3 is 2.85 bits per heavy atom. The maximum atomic E-state index is 11.1. The van der Waals surface area contributed by atoms with Gasteiger partial charge in [-0.05, 0) is 13.0 Å². The third kappa shape index (κ3) is 1.90. The maximum Gasteiger partial charge on any atom is 0.358 e. The molecular formula is C9H10N2O2. The van der Waals surface area contributed by atoms with E-state index >= 15 is 0 Å². The van der Waals surface area contributed by atoms with Crippen molar-refractivity contribution >= 4 is 12.0 Å². The number of aryl methyl sites for hydroxylation is 1. The van der Waals surface area contributed by atoms with Crippen LogP contribution in [0.4, 0.5) is 0 Å². The molecule has 1 aromatic rings. The minimum absolute atomic E-state index is 0.244. The quantitative estimate of drug-likeness (QED) is 0.639. The average molecular weight is 178 g/mol. The highest BCUT2D eigenvalue weighted by atomic mass is 16.5. The summed E-state index contributed by atoms with van der Waals surface area (Å²) in [5, 5.41) is 0. The van der Waals surface area contributed by atoms with E-state index in [1.165, 1.54) is 13.3 Å². The molecule has 68 valence electrons. The molecule has 1 heterocycles. The van der Waals surface area contributed by atoms with Crippen molar-refractivity contribution in [3.05, 3.63) is 29.9 Å². The summed E-state index contributed by atoms with van der Waals surface area (Å²) in [5.74, 6) is -0.472. The molecule has 4 heteroatoms. The summed E-state index contributed by atoms with van der Waals surface area (Å²) < 4.78 is 4.52. The smallest absolute Gasteiger partial charge is 0.358 e. The first kappa shape index (κ1) is 9.38. The van der Waals surface area contributed by atoms with Crippen molar-refractivity contribution in [2.45, 2.75) is 6.92 Å². The van der Waals surface area contributed by atoms with Gasteiger partial charge in [-0.3, -0.25) is 0 Å². The minimum atomic E-state index is -0.472. The van der Waals surface area contributed by atoms with Crippen molar-refractivity contribution in [1.82, 2.24) is 9.97 Å². The Hall–Kier alpha value is -1.71. The van der Waals surface area contributed by atoms with E-state index in [0.717, 1.165) is 0 Å². The molecule has 1 rings (SSSR count). The van der Waals surface area contributed by atoms with Gasteiger partial charge in [-0.1, -0.05) is 6.58 Å². The zero-order valence-electron chi connectivity index (χ0n) is 7.57. The van der Waals surface area contributed by atoms with Crippen LogP contribution in [0.2, 0.25) is 0 Å². The van der Waals surface area contributed by atoms with Gasteiger partial charge in [-0.25, -0.2) is 14.8 Å². The van der Waals surface area contributed by atoms with Crippen LogP contribution in [-0.4, -0.2) is 23.0 Å². The number of methoxy groups -OCH3 is 1. The van der Waals surface area contributed by atoms with Gasteiger partial charge in [0.1, 0.15) is 0 Å². The molecule has 0 aromatic carbocycles. The molecule has 4 nitrogen and oxygen atoms in total. The Balaban J connectivity index is 3.12. The summed E-state index contributed by atoms with van der Waals surface area (Å²) in [6, 6.07) is 0. The molecule has 0 bridgehead atoms. The van der Waals surface area contributed by atoms with E-state index in [2.05, 4.69) is 21.3 Å². The van der Waals surface area contributed by atoms with E-state index in [1.54, 1.807) is 13.0 Å². The number of esters is 1. The molecular weight excluding hydrogens is 168 g/mol. The Kier molecular flexibility index (Phi) is 2.74. The number of carbonyl (C=O) groups is 1. The van der Waals surface area contributed by atoms with Gasteiger partial charge < -0.3 is 4.74 Å². The van der Waals surface area contributed by atoms with Crippen molar-refractivity contribution in [2.75, 3.05) is 7.11 Å². The zero-order valence-corrected chi connectivity index (χ0v) is 7.57. The van der Waals surface area contributed by atoms with Crippen molar-refractivity contribution in [3.63, 3.8) is 0 Å². The van der Waals surface area contributed by atoms with Gasteiger partial charge in [0.05, 0.1) is 24.7 Å². The second-order valence-corrected chi connectivity index (χ2v) is 2.42. The monoisotopic (exact) mass is 178 g/mol. The molecule has 0 amide bonds. The average Bonchev–Trinajstić information content (AvgIpc) is 2.16. The van der Waals surface area contributed by atoms with E-state index in [9.17, 15) is 4.79 Å². The van der Waals surface area contributed by atoms with Crippen molar-refractivity contribution < 1.29 is 9.53 Å². The van der Waals surface area contributed by atoms with E-state index < -0.39 is 5.97 Å². The molecule has 0 unspecified atom stereocenters. The van der Waals surface area contributed by atoms with E-state index in [0.29, 0.717) is 11.4 Å². The number of carbonyl (C=O) groups excluding carboxylic acids is 1. The number of ether oxygens (including phenoxy) is 1. The summed E-state index contributed by atoms with van der Waals surface area (Å²) in [6.07, 6.45) is 3.05. The normalized spacial score (nSPS) is 9.38. The predicted molar refractivity (Wildman–Crippen MR) is 48.2 cm³/mol. The SMILES string of the molecule is C=Cc1cnc(C(=O)OC)c(C)n1. The largest absolute Gasteiger partial charge is 0.464 e. The third-order valence-corrected chi connectivity index (χ3v) is 1.55. The van der Waals surface area contributed by atoms with Gasteiger partial charge in [0, 0.05) is 0 Å². The van der Waals surface area contributed by atoms with Crippen molar-refractivity contribution in [1.29, 1.82) is 0 Å². The molecule has 0 fully saturated rings.